The van der Waals surface area contributed by atoms with Gasteiger partial charge in [-0.25, -0.2) is 9.37 Å². The highest BCUT2D eigenvalue weighted by Crippen LogP contribution is 2.37. The Morgan fingerprint density at radius 2 is 2.00 bits per heavy atom. The SMILES string of the molecule is Cc1nn(C(C)(C)C#N)cc1Nc1ncc(Cl)c(OCC2CCC(NC3CC(C)(F)C3)CC2)n1. The highest BCUT2D eigenvalue weighted by atomic mass is 35.5. The van der Waals surface area contributed by atoms with Crippen LogP contribution in [0.15, 0.2) is 12.4 Å². The lowest BCUT2D eigenvalue weighted by atomic mass is 9.77. The molecule has 0 aromatic carbocycles. The first-order valence-electron chi connectivity index (χ1n) is 11.9. The summed E-state index contributed by atoms with van der Waals surface area (Å²) in [5.41, 5.74) is -0.311. The minimum atomic E-state index is -0.986. The molecule has 2 aliphatic rings. The quantitative estimate of drug-likeness (QED) is 0.534. The molecule has 0 bridgehead atoms. The van der Waals surface area contributed by atoms with E-state index in [2.05, 4.69) is 31.8 Å². The van der Waals surface area contributed by atoms with Gasteiger partial charge in [-0.2, -0.15) is 15.3 Å². The average molecular weight is 490 g/mol. The van der Waals surface area contributed by atoms with Crippen LogP contribution in [0.25, 0.3) is 0 Å². The topological polar surface area (TPSA) is 101 Å². The summed E-state index contributed by atoms with van der Waals surface area (Å²) in [7, 11) is 0. The summed E-state index contributed by atoms with van der Waals surface area (Å²) < 4.78 is 21.3. The van der Waals surface area contributed by atoms with Crippen molar-refractivity contribution in [1.82, 2.24) is 25.1 Å². The molecule has 34 heavy (non-hydrogen) atoms. The molecule has 0 aliphatic heterocycles. The summed E-state index contributed by atoms with van der Waals surface area (Å²) in [6, 6.07) is 3.02. The van der Waals surface area contributed by atoms with E-state index < -0.39 is 11.2 Å². The maximum absolute atomic E-state index is 13.7. The Hall–Kier alpha value is -2.44. The largest absolute Gasteiger partial charge is 0.476 e. The molecule has 0 atom stereocenters. The third kappa shape index (κ3) is 5.78. The zero-order valence-corrected chi connectivity index (χ0v) is 21.0. The van der Waals surface area contributed by atoms with Gasteiger partial charge in [-0.3, -0.25) is 4.68 Å². The Bertz CT molecular complexity index is 1050. The second-order valence-corrected chi connectivity index (χ2v) is 10.8. The van der Waals surface area contributed by atoms with Gasteiger partial charge in [-0.05, 0) is 72.1 Å². The maximum Gasteiger partial charge on any atom is 0.237 e. The maximum atomic E-state index is 13.7. The number of alkyl halides is 1. The van der Waals surface area contributed by atoms with E-state index in [0.717, 1.165) is 31.4 Å². The van der Waals surface area contributed by atoms with Gasteiger partial charge in [0, 0.05) is 12.1 Å². The molecule has 2 aliphatic carbocycles. The third-order valence-corrected chi connectivity index (χ3v) is 7.08. The van der Waals surface area contributed by atoms with E-state index in [1.54, 1.807) is 31.6 Å². The fourth-order valence-corrected chi connectivity index (χ4v) is 4.81. The first-order chi connectivity index (χ1) is 16.0. The second-order valence-electron chi connectivity index (χ2n) is 10.4. The molecule has 0 spiro atoms. The Kier molecular flexibility index (Phi) is 7.02. The standard InChI is InChI=1S/C24H33ClFN7O/c1-15-20(12-33(32-15)23(2,3)14-27)30-22-28-11-19(25)21(31-22)34-13-16-5-7-17(8-6-16)29-18-9-24(4,26)10-18/h11-12,16-18,29H,5-10,13H2,1-4H3,(H,28,30,31). The Balaban J connectivity index is 1.29. The van der Waals surface area contributed by atoms with Gasteiger partial charge in [0.1, 0.15) is 16.2 Å². The average Bonchev–Trinajstić information content (AvgIpc) is 3.15. The first kappa shape index (κ1) is 24.7. The van der Waals surface area contributed by atoms with Gasteiger partial charge in [0.25, 0.3) is 0 Å². The van der Waals surface area contributed by atoms with Gasteiger partial charge in [-0.15, -0.1) is 0 Å². The van der Waals surface area contributed by atoms with Crippen molar-refractivity contribution in [3.05, 3.63) is 23.1 Å². The van der Waals surface area contributed by atoms with E-state index in [0.29, 0.717) is 60.0 Å². The molecule has 8 nitrogen and oxygen atoms in total. The van der Waals surface area contributed by atoms with Crippen molar-refractivity contribution in [1.29, 1.82) is 5.26 Å². The number of nitrogens with one attached hydrogen (secondary N) is 2. The Morgan fingerprint density at radius 1 is 1.29 bits per heavy atom. The zero-order valence-electron chi connectivity index (χ0n) is 20.2. The van der Waals surface area contributed by atoms with Gasteiger partial charge in [0.05, 0.1) is 36.5 Å². The predicted molar refractivity (Wildman–Crippen MR) is 129 cm³/mol. The number of nitrogens with zero attached hydrogens (tertiary/aromatic N) is 5. The number of nitriles is 1. The number of ether oxygens (including phenoxy) is 1. The molecule has 2 heterocycles. The minimum absolute atomic E-state index is 0.320. The van der Waals surface area contributed by atoms with Gasteiger partial charge in [0.2, 0.25) is 11.8 Å². The van der Waals surface area contributed by atoms with Crippen molar-refractivity contribution in [3.63, 3.8) is 0 Å². The number of halogens is 2. The number of aromatic nitrogens is 4. The van der Waals surface area contributed by atoms with Gasteiger partial charge in [-0.1, -0.05) is 11.6 Å². The molecule has 2 saturated carbocycles. The van der Waals surface area contributed by atoms with Crippen molar-refractivity contribution in [2.24, 2.45) is 5.92 Å². The molecule has 2 fully saturated rings. The van der Waals surface area contributed by atoms with E-state index in [9.17, 15) is 9.65 Å². The molecular formula is C24H33ClFN7O. The molecule has 2 aromatic rings. The molecule has 0 saturated heterocycles. The normalized spacial score (nSPS) is 27.0. The van der Waals surface area contributed by atoms with E-state index in [1.165, 1.54) is 6.20 Å². The summed E-state index contributed by atoms with van der Waals surface area (Å²) in [6.07, 6.45) is 8.77. The Labute approximate surface area is 205 Å². The molecule has 184 valence electrons. The molecule has 4 rings (SSSR count). The van der Waals surface area contributed by atoms with Crippen molar-refractivity contribution in [3.8, 4) is 11.9 Å². The highest BCUT2D eigenvalue weighted by Gasteiger charge is 2.41. The van der Waals surface area contributed by atoms with Crippen molar-refractivity contribution in [2.75, 3.05) is 11.9 Å². The van der Waals surface area contributed by atoms with Gasteiger partial charge in [0.15, 0.2) is 0 Å². The van der Waals surface area contributed by atoms with Crippen LogP contribution in [0, 0.1) is 24.2 Å². The summed E-state index contributed by atoms with van der Waals surface area (Å²) in [5, 5.41) is 20.9. The minimum Gasteiger partial charge on any atom is -0.476 e. The molecule has 0 unspecified atom stereocenters. The molecule has 0 amide bonds. The van der Waals surface area contributed by atoms with Crippen molar-refractivity contribution >= 4 is 23.2 Å². The number of rotatable bonds is 8. The summed E-state index contributed by atoms with van der Waals surface area (Å²) in [4.78, 5) is 8.70. The van der Waals surface area contributed by atoms with Crippen molar-refractivity contribution in [2.45, 2.75) is 89.5 Å². The first-order valence-corrected chi connectivity index (χ1v) is 12.3. The zero-order chi connectivity index (χ0) is 24.5. The molecule has 2 aromatic heterocycles. The van der Waals surface area contributed by atoms with Crippen LogP contribution in [0.4, 0.5) is 16.0 Å². The lowest BCUT2D eigenvalue weighted by molar-refractivity contribution is 0.0384. The van der Waals surface area contributed by atoms with Crippen LogP contribution in [-0.4, -0.2) is 44.1 Å². The number of anilines is 2. The fraction of sp³-hybridized carbons (Fsp3) is 0.667. The number of hydrogen-bond donors (Lipinski definition) is 2. The summed E-state index contributed by atoms with van der Waals surface area (Å²) in [6.45, 7) is 7.67. The summed E-state index contributed by atoms with van der Waals surface area (Å²) in [5.74, 6) is 1.13. The third-order valence-electron chi connectivity index (χ3n) is 6.82. The monoisotopic (exact) mass is 489 g/mol. The van der Waals surface area contributed by atoms with E-state index in [-0.39, 0.29) is 0 Å². The fourth-order valence-electron chi connectivity index (χ4n) is 4.67. The molecule has 2 N–H and O–H groups in total. The van der Waals surface area contributed by atoms with Crippen LogP contribution < -0.4 is 15.4 Å². The smallest absolute Gasteiger partial charge is 0.237 e. The van der Waals surface area contributed by atoms with Crippen LogP contribution >= 0.6 is 11.6 Å². The van der Waals surface area contributed by atoms with E-state index >= 15 is 0 Å². The van der Waals surface area contributed by atoms with Crippen LogP contribution in [0.1, 0.15) is 65.0 Å². The van der Waals surface area contributed by atoms with Crippen LogP contribution in [0.3, 0.4) is 0 Å². The van der Waals surface area contributed by atoms with E-state index in [4.69, 9.17) is 16.3 Å². The lowest BCUT2D eigenvalue weighted by Gasteiger charge is -2.42. The number of hydrogen-bond acceptors (Lipinski definition) is 7. The number of aryl methyl sites for hydroxylation is 1. The van der Waals surface area contributed by atoms with Crippen molar-refractivity contribution < 1.29 is 9.13 Å². The predicted octanol–water partition coefficient (Wildman–Crippen LogP) is 5.06. The lowest BCUT2D eigenvalue weighted by Crippen LogP contribution is -2.53. The van der Waals surface area contributed by atoms with Crippen LogP contribution in [0.5, 0.6) is 5.88 Å². The van der Waals surface area contributed by atoms with Gasteiger partial charge < -0.3 is 15.4 Å². The van der Waals surface area contributed by atoms with Crippen LogP contribution in [-0.2, 0) is 5.54 Å². The summed E-state index contributed by atoms with van der Waals surface area (Å²) >= 11 is 6.29. The Morgan fingerprint density at radius 3 is 2.65 bits per heavy atom. The highest BCUT2D eigenvalue weighted by molar-refractivity contribution is 6.31. The molecular weight excluding hydrogens is 457 g/mol. The molecule has 10 heteroatoms. The van der Waals surface area contributed by atoms with Gasteiger partial charge >= 0.3 is 0 Å². The second kappa shape index (κ2) is 9.67. The van der Waals surface area contributed by atoms with E-state index in [1.807, 2.05) is 6.92 Å². The molecule has 0 radical (unpaired) electrons. The van der Waals surface area contributed by atoms with Crippen LogP contribution in [0.2, 0.25) is 5.02 Å².